The van der Waals surface area contributed by atoms with Crippen LogP contribution in [0.1, 0.15) is 34.8 Å². The molecule has 6 nitrogen and oxygen atoms in total. The third-order valence-corrected chi connectivity index (χ3v) is 4.90. The molecule has 1 aromatic carbocycles. The third-order valence-electron chi connectivity index (χ3n) is 3.65. The molecule has 1 heterocycles. The summed E-state index contributed by atoms with van der Waals surface area (Å²) in [5, 5.41) is 3.99. The second-order valence-corrected chi connectivity index (χ2v) is 6.88. The number of anilines is 1. The number of aromatic nitrogens is 2. The number of carbonyl (C=O) groups excluding carboxylic acids is 2. The smallest absolute Gasteiger partial charge is 0.328 e. The highest BCUT2D eigenvalue weighted by molar-refractivity contribution is 9.10. The number of amides is 1. The van der Waals surface area contributed by atoms with Gasteiger partial charge in [-0.25, -0.2) is 4.79 Å². The van der Waals surface area contributed by atoms with E-state index in [1.165, 1.54) is 12.0 Å². The molecule has 0 bridgehead atoms. The molecule has 0 N–H and O–H groups in total. The largest absolute Gasteiger partial charge is 0.467 e. The first-order valence-electron chi connectivity index (χ1n) is 7.39. The fraction of sp³-hybridized carbons (Fsp3) is 0.375. The van der Waals surface area contributed by atoms with Crippen molar-refractivity contribution < 1.29 is 14.3 Å². The lowest BCUT2D eigenvalue weighted by atomic mass is 10.1. The Labute approximate surface area is 153 Å². The molecule has 0 saturated carbocycles. The van der Waals surface area contributed by atoms with Crippen LogP contribution in [-0.2, 0) is 16.0 Å². The predicted octanol–water partition coefficient (Wildman–Crippen LogP) is 3.38. The number of rotatable bonds is 5. The summed E-state index contributed by atoms with van der Waals surface area (Å²) in [6, 6.07) is 4.76. The van der Waals surface area contributed by atoms with E-state index >= 15 is 0 Å². The lowest BCUT2D eigenvalue weighted by molar-refractivity contribution is -0.141. The van der Waals surface area contributed by atoms with Crippen LogP contribution >= 0.6 is 27.5 Å². The Hall–Kier alpha value is -1.80. The standard InChI is InChI=1S/C16H18BrN3O3S/c1-5-12-14(24-19-18-12)15(21)20(10(3)16(22)23-4)13-7-6-11(17)8-9(13)2/h6-8,10H,5H2,1-4H3/t10-/m1/s1. The van der Waals surface area contributed by atoms with E-state index in [4.69, 9.17) is 4.74 Å². The van der Waals surface area contributed by atoms with E-state index < -0.39 is 12.0 Å². The van der Waals surface area contributed by atoms with Gasteiger partial charge in [-0.2, -0.15) is 0 Å². The van der Waals surface area contributed by atoms with Crippen molar-refractivity contribution in [3.63, 3.8) is 0 Å². The molecule has 0 unspecified atom stereocenters. The minimum atomic E-state index is -0.769. The minimum absolute atomic E-state index is 0.301. The van der Waals surface area contributed by atoms with Gasteiger partial charge in [0.1, 0.15) is 10.9 Å². The van der Waals surface area contributed by atoms with Gasteiger partial charge in [-0.1, -0.05) is 27.3 Å². The first-order chi connectivity index (χ1) is 11.4. The highest BCUT2D eigenvalue weighted by Gasteiger charge is 2.32. The molecule has 0 aliphatic rings. The number of ether oxygens (including phenoxy) is 1. The second-order valence-electron chi connectivity index (χ2n) is 5.21. The Morgan fingerprint density at radius 1 is 1.42 bits per heavy atom. The average molecular weight is 412 g/mol. The van der Waals surface area contributed by atoms with Gasteiger partial charge in [0.2, 0.25) is 0 Å². The number of hydrogen-bond donors (Lipinski definition) is 0. The Morgan fingerprint density at radius 3 is 2.71 bits per heavy atom. The number of nitrogens with zero attached hydrogens (tertiary/aromatic N) is 3. The normalized spacial score (nSPS) is 11.9. The number of carbonyl (C=O) groups is 2. The summed E-state index contributed by atoms with van der Waals surface area (Å²) in [5.74, 6) is -0.786. The van der Waals surface area contributed by atoms with Gasteiger partial charge in [-0.3, -0.25) is 9.69 Å². The van der Waals surface area contributed by atoms with Crippen molar-refractivity contribution in [2.45, 2.75) is 33.2 Å². The molecule has 2 rings (SSSR count). The molecule has 0 saturated heterocycles. The molecule has 2 aromatic rings. The molecule has 0 spiro atoms. The van der Waals surface area contributed by atoms with Crippen molar-refractivity contribution in [2.24, 2.45) is 0 Å². The summed E-state index contributed by atoms with van der Waals surface area (Å²) in [5.41, 5.74) is 2.14. The van der Waals surface area contributed by atoms with Crippen molar-refractivity contribution in [1.82, 2.24) is 9.59 Å². The van der Waals surface area contributed by atoms with Gasteiger partial charge in [0.15, 0.2) is 0 Å². The van der Waals surface area contributed by atoms with Crippen molar-refractivity contribution >= 4 is 45.0 Å². The summed E-state index contributed by atoms with van der Waals surface area (Å²) in [4.78, 5) is 27.1. The van der Waals surface area contributed by atoms with Crippen LogP contribution in [0, 0.1) is 6.92 Å². The maximum absolute atomic E-state index is 13.1. The quantitative estimate of drug-likeness (QED) is 0.705. The molecule has 1 aromatic heterocycles. The molecular weight excluding hydrogens is 394 g/mol. The van der Waals surface area contributed by atoms with Crippen LogP contribution in [0.2, 0.25) is 0 Å². The lowest BCUT2D eigenvalue weighted by Gasteiger charge is -2.28. The minimum Gasteiger partial charge on any atom is -0.467 e. The van der Waals surface area contributed by atoms with E-state index in [9.17, 15) is 9.59 Å². The Morgan fingerprint density at radius 2 is 2.12 bits per heavy atom. The summed E-state index contributed by atoms with van der Waals surface area (Å²) in [6.07, 6.45) is 0.595. The van der Waals surface area contributed by atoms with Crippen LogP contribution in [0.4, 0.5) is 5.69 Å². The predicted molar refractivity (Wildman–Crippen MR) is 96.5 cm³/mol. The van der Waals surface area contributed by atoms with E-state index in [2.05, 4.69) is 25.5 Å². The average Bonchev–Trinajstić information content (AvgIpc) is 3.04. The van der Waals surface area contributed by atoms with Gasteiger partial charge in [0.25, 0.3) is 5.91 Å². The molecule has 0 aliphatic carbocycles. The monoisotopic (exact) mass is 411 g/mol. The molecule has 8 heteroatoms. The summed E-state index contributed by atoms with van der Waals surface area (Å²) in [7, 11) is 1.31. The topological polar surface area (TPSA) is 72.4 Å². The first-order valence-corrected chi connectivity index (χ1v) is 8.96. The van der Waals surface area contributed by atoms with Crippen molar-refractivity contribution in [2.75, 3.05) is 12.0 Å². The number of halogens is 1. The van der Waals surface area contributed by atoms with Gasteiger partial charge in [-0.05, 0) is 55.6 Å². The zero-order valence-electron chi connectivity index (χ0n) is 13.9. The number of benzene rings is 1. The first kappa shape index (κ1) is 18.5. The van der Waals surface area contributed by atoms with Gasteiger partial charge in [-0.15, -0.1) is 5.10 Å². The fourth-order valence-corrected chi connectivity index (χ4v) is 3.53. The maximum atomic E-state index is 13.1. The second kappa shape index (κ2) is 7.85. The Kier molecular flexibility index (Phi) is 6.06. The highest BCUT2D eigenvalue weighted by Crippen LogP contribution is 2.28. The van der Waals surface area contributed by atoms with Crippen molar-refractivity contribution in [3.05, 3.63) is 38.8 Å². The Bertz CT molecular complexity index is 763. The van der Waals surface area contributed by atoms with E-state index in [1.807, 2.05) is 26.0 Å². The summed E-state index contributed by atoms with van der Waals surface area (Å²) >= 11 is 4.45. The molecule has 1 atom stereocenters. The molecule has 24 heavy (non-hydrogen) atoms. The number of esters is 1. The van der Waals surface area contributed by atoms with Crippen LogP contribution in [0.25, 0.3) is 0 Å². The zero-order chi connectivity index (χ0) is 17.9. The van der Waals surface area contributed by atoms with E-state index in [0.717, 1.165) is 21.6 Å². The van der Waals surface area contributed by atoms with E-state index in [-0.39, 0.29) is 5.91 Å². The maximum Gasteiger partial charge on any atom is 0.328 e. The number of hydrogen-bond acceptors (Lipinski definition) is 6. The SMILES string of the molecule is CCc1nnsc1C(=O)N(c1ccc(Br)cc1C)[C@H](C)C(=O)OC. The fourth-order valence-electron chi connectivity index (χ4n) is 2.37. The molecule has 1 amide bonds. The molecule has 128 valence electrons. The molecule has 0 fully saturated rings. The summed E-state index contributed by atoms with van der Waals surface area (Å²) < 4.78 is 9.60. The Balaban J connectivity index is 2.54. The van der Waals surface area contributed by atoms with Crippen LogP contribution in [0.3, 0.4) is 0 Å². The third kappa shape index (κ3) is 3.64. The zero-order valence-corrected chi connectivity index (χ0v) is 16.3. The molecular formula is C16H18BrN3O3S. The highest BCUT2D eigenvalue weighted by atomic mass is 79.9. The molecule has 0 radical (unpaired) electrons. The van der Waals surface area contributed by atoms with Crippen LogP contribution in [-0.4, -0.2) is 34.6 Å². The number of aryl methyl sites for hydroxylation is 2. The van der Waals surface area contributed by atoms with Gasteiger partial charge in [0, 0.05) is 10.2 Å². The number of methoxy groups -OCH3 is 1. The van der Waals surface area contributed by atoms with E-state index in [0.29, 0.717) is 22.7 Å². The molecule has 0 aliphatic heterocycles. The van der Waals surface area contributed by atoms with Gasteiger partial charge >= 0.3 is 5.97 Å². The van der Waals surface area contributed by atoms with Crippen molar-refractivity contribution in [1.29, 1.82) is 0 Å². The lowest BCUT2D eigenvalue weighted by Crippen LogP contribution is -2.44. The van der Waals surface area contributed by atoms with Gasteiger partial charge < -0.3 is 4.74 Å². The van der Waals surface area contributed by atoms with Crippen LogP contribution in [0.5, 0.6) is 0 Å². The van der Waals surface area contributed by atoms with Crippen LogP contribution < -0.4 is 4.90 Å². The van der Waals surface area contributed by atoms with E-state index in [1.54, 1.807) is 13.0 Å². The van der Waals surface area contributed by atoms with Crippen molar-refractivity contribution in [3.8, 4) is 0 Å². The van der Waals surface area contributed by atoms with Gasteiger partial charge in [0.05, 0.1) is 12.8 Å². The van der Waals surface area contributed by atoms with Crippen LogP contribution in [0.15, 0.2) is 22.7 Å². The summed E-state index contributed by atoms with van der Waals surface area (Å²) in [6.45, 7) is 5.44.